The first kappa shape index (κ1) is 9.38. The monoisotopic (exact) mass is 190 g/mol. The van der Waals surface area contributed by atoms with E-state index in [-0.39, 0.29) is 0 Å². The third-order valence-electron chi connectivity index (χ3n) is 3.10. The van der Waals surface area contributed by atoms with Gasteiger partial charge in [0.1, 0.15) is 0 Å². The lowest BCUT2D eigenvalue weighted by molar-refractivity contribution is 0.837. The smallest absolute Gasteiger partial charge is 0.0610 e. The van der Waals surface area contributed by atoms with Crippen LogP contribution >= 0.6 is 0 Å². The summed E-state index contributed by atoms with van der Waals surface area (Å²) in [5, 5.41) is 3.52. The average Bonchev–Trinajstić information content (AvgIpc) is 2.35. The number of nitrogens with zero attached hydrogens (tertiary/aromatic N) is 1. The first-order valence-electron chi connectivity index (χ1n) is 5.25. The van der Waals surface area contributed by atoms with Gasteiger partial charge in [-0.05, 0) is 37.5 Å². The summed E-state index contributed by atoms with van der Waals surface area (Å²) in [6.07, 6.45) is 1.21. The standard InChI is InChI=1S/C12H18N2/c1-9-5-6-11-12(10(9)2)13-7-4-8-14(11)3/h5-6,13H,4,7-8H2,1-3H3. The van der Waals surface area contributed by atoms with Gasteiger partial charge in [0.25, 0.3) is 0 Å². The van der Waals surface area contributed by atoms with Crippen LogP contribution in [0.3, 0.4) is 0 Å². The molecule has 0 spiro atoms. The number of rotatable bonds is 0. The van der Waals surface area contributed by atoms with E-state index in [0.29, 0.717) is 0 Å². The molecular formula is C12H18N2. The molecule has 1 aromatic rings. The second-order valence-corrected chi connectivity index (χ2v) is 4.10. The zero-order valence-electron chi connectivity index (χ0n) is 9.22. The van der Waals surface area contributed by atoms with E-state index in [1.54, 1.807) is 0 Å². The Kier molecular flexibility index (Phi) is 2.36. The third kappa shape index (κ3) is 1.45. The second-order valence-electron chi connectivity index (χ2n) is 4.10. The Morgan fingerprint density at radius 2 is 2.07 bits per heavy atom. The van der Waals surface area contributed by atoms with Crippen molar-refractivity contribution in [2.24, 2.45) is 0 Å². The van der Waals surface area contributed by atoms with Gasteiger partial charge in [-0.15, -0.1) is 0 Å². The maximum Gasteiger partial charge on any atom is 0.0610 e. The Hall–Kier alpha value is -1.18. The molecule has 1 N–H and O–H groups in total. The highest BCUT2D eigenvalue weighted by molar-refractivity contribution is 5.75. The van der Waals surface area contributed by atoms with Crippen LogP contribution in [-0.2, 0) is 0 Å². The maximum atomic E-state index is 3.52. The van der Waals surface area contributed by atoms with Crippen molar-refractivity contribution in [3.63, 3.8) is 0 Å². The highest BCUT2D eigenvalue weighted by Crippen LogP contribution is 2.32. The molecule has 14 heavy (non-hydrogen) atoms. The number of benzene rings is 1. The summed E-state index contributed by atoms with van der Waals surface area (Å²) in [5.74, 6) is 0. The van der Waals surface area contributed by atoms with Crippen molar-refractivity contribution < 1.29 is 0 Å². The number of hydrogen-bond donors (Lipinski definition) is 1. The van der Waals surface area contributed by atoms with E-state index in [4.69, 9.17) is 0 Å². The third-order valence-corrected chi connectivity index (χ3v) is 3.10. The Labute approximate surface area is 85.9 Å². The largest absolute Gasteiger partial charge is 0.383 e. The molecule has 0 fully saturated rings. The second kappa shape index (κ2) is 3.52. The fourth-order valence-electron chi connectivity index (χ4n) is 1.99. The molecule has 0 amide bonds. The Balaban J connectivity index is 2.53. The topological polar surface area (TPSA) is 15.3 Å². The summed E-state index contributed by atoms with van der Waals surface area (Å²) in [4.78, 5) is 2.34. The molecule has 2 rings (SSSR count). The lowest BCUT2D eigenvalue weighted by atomic mass is 10.1. The van der Waals surface area contributed by atoms with Crippen LogP contribution in [0.15, 0.2) is 12.1 Å². The van der Waals surface area contributed by atoms with Crippen LogP contribution in [0.2, 0.25) is 0 Å². The van der Waals surface area contributed by atoms with Crippen molar-refractivity contribution in [1.82, 2.24) is 0 Å². The van der Waals surface area contributed by atoms with Crippen molar-refractivity contribution in [2.45, 2.75) is 20.3 Å². The highest BCUT2D eigenvalue weighted by Gasteiger charge is 2.13. The number of fused-ring (bicyclic) bond motifs is 1. The Bertz CT molecular complexity index is 344. The molecule has 1 aliphatic rings. The molecule has 0 atom stereocenters. The minimum atomic E-state index is 1.08. The Morgan fingerprint density at radius 3 is 2.86 bits per heavy atom. The van der Waals surface area contributed by atoms with E-state index in [0.717, 1.165) is 13.1 Å². The van der Waals surface area contributed by atoms with E-state index in [1.165, 1.54) is 28.9 Å². The lowest BCUT2D eigenvalue weighted by Gasteiger charge is -2.20. The number of anilines is 2. The average molecular weight is 190 g/mol. The first-order chi connectivity index (χ1) is 6.70. The van der Waals surface area contributed by atoms with Crippen LogP contribution in [0.5, 0.6) is 0 Å². The minimum absolute atomic E-state index is 1.08. The highest BCUT2D eigenvalue weighted by atomic mass is 15.1. The zero-order valence-corrected chi connectivity index (χ0v) is 9.22. The van der Waals surface area contributed by atoms with Gasteiger partial charge >= 0.3 is 0 Å². The molecule has 0 bridgehead atoms. The molecule has 1 aromatic carbocycles. The van der Waals surface area contributed by atoms with Crippen LogP contribution in [-0.4, -0.2) is 20.1 Å². The van der Waals surface area contributed by atoms with Gasteiger partial charge in [-0.25, -0.2) is 0 Å². The number of aryl methyl sites for hydroxylation is 1. The van der Waals surface area contributed by atoms with Crippen molar-refractivity contribution in [3.05, 3.63) is 23.3 Å². The lowest BCUT2D eigenvalue weighted by Crippen LogP contribution is -2.17. The van der Waals surface area contributed by atoms with Crippen LogP contribution in [0, 0.1) is 13.8 Å². The summed E-state index contributed by atoms with van der Waals surface area (Å²) < 4.78 is 0. The van der Waals surface area contributed by atoms with E-state index >= 15 is 0 Å². The zero-order chi connectivity index (χ0) is 10.1. The van der Waals surface area contributed by atoms with Gasteiger partial charge in [0.05, 0.1) is 11.4 Å². The van der Waals surface area contributed by atoms with Gasteiger partial charge in [0, 0.05) is 20.1 Å². The molecular weight excluding hydrogens is 172 g/mol. The van der Waals surface area contributed by atoms with Gasteiger partial charge in [0.2, 0.25) is 0 Å². The van der Waals surface area contributed by atoms with Crippen molar-refractivity contribution in [1.29, 1.82) is 0 Å². The fraction of sp³-hybridized carbons (Fsp3) is 0.500. The van der Waals surface area contributed by atoms with E-state index in [9.17, 15) is 0 Å². The molecule has 2 heteroatoms. The SMILES string of the molecule is Cc1ccc2c(c1C)NCCCN2C. The normalized spacial score (nSPS) is 15.8. The van der Waals surface area contributed by atoms with Crippen LogP contribution in [0.4, 0.5) is 11.4 Å². The van der Waals surface area contributed by atoms with E-state index < -0.39 is 0 Å². The van der Waals surface area contributed by atoms with Gasteiger partial charge in [-0.1, -0.05) is 6.07 Å². The molecule has 0 aliphatic carbocycles. The molecule has 0 unspecified atom stereocenters. The number of nitrogens with one attached hydrogen (secondary N) is 1. The summed E-state index contributed by atoms with van der Waals surface area (Å²) in [7, 11) is 2.17. The van der Waals surface area contributed by atoms with Crippen LogP contribution in [0.25, 0.3) is 0 Å². The molecule has 2 nitrogen and oxygen atoms in total. The van der Waals surface area contributed by atoms with Gasteiger partial charge < -0.3 is 10.2 Å². The predicted molar refractivity (Wildman–Crippen MR) is 62.3 cm³/mol. The minimum Gasteiger partial charge on any atom is -0.383 e. The summed E-state index contributed by atoms with van der Waals surface area (Å²) in [6, 6.07) is 4.42. The molecule has 1 heterocycles. The summed E-state index contributed by atoms with van der Waals surface area (Å²) in [6.45, 7) is 6.59. The molecule has 0 radical (unpaired) electrons. The molecule has 0 saturated carbocycles. The summed E-state index contributed by atoms with van der Waals surface area (Å²) >= 11 is 0. The molecule has 1 aliphatic heterocycles. The molecule has 0 aromatic heterocycles. The van der Waals surface area contributed by atoms with Crippen LogP contribution < -0.4 is 10.2 Å². The quantitative estimate of drug-likeness (QED) is 0.676. The fourth-order valence-corrected chi connectivity index (χ4v) is 1.99. The predicted octanol–water partition coefficient (Wildman–Crippen LogP) is 2.56. The van der Waals surface area contributed by atoms with Gasteiger partial charge in [-0.3, -0.25) is 0 Å². The van der Waals surface area contributed by atoms with E-state index in [1.807, 2.05) is 0 Å². The van der Waals surface area contributed by atoms with Gasteiger partial charge in [-0.2, -0.15) is 0 Å². The van der Waals surface area contributed by atoms with E-state index in [2.05, 4.69) is 43.2 Å². The van der Waals surface area contributed by atoms with Crippen LogP contribution in [0.1, 0.15) is 17.5 Å². The van der Waals surface area contributed by atoms with Crippen molar-refractivity contribution in [2.75, 3.05) is 30.4 Å². The number of hydrogen-bond acceptors (Lipinski definition) is 2. The summed E-state index contributed by atoms with van der Waals surface area (Å²) in [5.41, 5.74) is 5.42. The Morgan fingerprint density at radius 1 is 1.29 bits per heavy atom. The molecule has 76 valence electrons. The molecule has 0 saturated heterocycles. The first-order valence-corrected chi connectivity index (χ1v) is 5.25. The van der Waals surface area contributed by atoms with Gasteiger partial charge in [0.15, 0.2) is 0 Å². The maximum absolute atomic E-state index is 3.52. The van der Waals surface area contributed by atoms with Crippen molar-refractivity contribution in [3.8, 4) is 0 Å². The van der Waals surface area contributed by atoms with Crippen molar-refractivity contribution >= 4 is 11.4 Å².